The number of hydrogen-bond acceptors (Lipinski definition) is 4. The number of rotatable bonds is 3. The van der Waals surface area contributed by atoms with Crippen molar-refractivity contribution in [1.29, 1.82) is 0 Å². The fraction of sp³-hybridized carbons (Fsp3) is 0.476. The average molecular weight is 575 g/mol. The lowest BCUT2D eigenvalue weighted by Gasteiger charge is -2.36. The molecule has 2 aromatic rings. The molecule has 1 aromatic carbocycles. The Morgan fingerprint density at radius 3 is 2.82 bits per heavy atom. The van der Waals surface area contributed by atoms with Gasteiger partial charge >= 0.3 is 0 Å². The smallest absolute Gasteiger partial charge is 0.256 e. The van der Waals surface area contributed by atoms with E-state index in [-0.39, 0.29) is 11.7 Å². The number of amides is 1. The molecule has 0 radical (unpaired) electrons. The predicted molar refractivity (Wildman–Crippen MR) is 126 cm³/mol. The van der Waals surface area contributed by atoms with E-state index in [2.05, 4.69) is 69.9 Å². The van der Waals surface area contributed by atoms with E-state index in [0.717, 1.165) is 37.9 Å². The SMILES string of the molecule is CCC(C)(C)[C@@H]1CCc2c(sc3c2C(=O)N[C@@H](c2cc(Br)cc(I)c2O)N3)C1. The number of nitrogens with one attached hydrogen (secondary N) is 2. The van der Waals surface area contributed by atoms with Crippen LogP contribution in [0.5, 0.6) is 5.75 Å². The number of halogens is 2. The van der Waals surface area contributed by atoms with Crippen molar-refractivity contribution in [2.75, 3.05) is 5.32 Å². The van der Waals surface area contributed by atoms with E-state index in [1.807, 2.05) is 12.1 Å². The highest BCUT2D eigenvalue weighted by atomic mass is 127. The summed E-state index contributed by atoms with van der Waals surface area (Å²) in [5.74, 6) is 0.814. The fourth-order valence-corrected chi connectivity index (χ4v) is 7.12. The van der Waals surface area contributed by atoms with E-state index in [1.165, 1.54) is 16.9 Å². The van der Waals surface area contributed by atoms with Crippen LogP contribution in [-0.2, 0) is 12.8 Å². The summed E-state index contributed by atoms with van der Waals surface area (Å²) in [6.45, 7) is 6.98. The van der Waals surface area contributed by atoms with Crippen molar-refractivity contribution in [3.63, 3.8) is 0 Å². The first-order valence-corrected chi connectivity index (χ1v) is 12.3. The molecule has 0 spiro atoms. The summed E-state index contributed by atoms with van der Waals surface area (Å²) in [4.78, 5) is 14.3. The predicted octanol–water partition coefficient (Wildman–Crippen LogP) is 6.22. The van der Waals surface area contributed by atoms with Crippen LogP contribution in [0.1, 0.15) is 66.1 Å². The summed E-state index contributed by atoms with van der Waals surface area (Å²) in [7, 11) is 0. The number of anilines is 1. The summed E-state index contributed by atoms with van der Waals surface area (Å²) in [5.41, 5.74) is 3.03. The lowest BCUT2D eigenvalue weighted by Crippen LogP contribution is -2.38. The minimum Gasteiger partial charge on any atom is -0.506 e. The zero-order valence-electron chi connectivity index (χ0n) is 16.2. The first-order chi connectivity index (χ1) is 13.2. The zero-order chi connectivity index (χ0) is 20.2. The third kappa shape index (κ3) is 3.47. The van der Waals surface area contributed by atoms with E-state index in [4.69, 9.17) is 0 Å². The van der Waals surface area contributed by atoms with Crippen molar-refractivity contribution in [2.45, 2.75) is 52.6 Å². The number of thiophene rings is 1. The highest BCUT2D eigenvalue weighted by Crippen LogP contribution is 2.47. The van der Waals surface area contributed by atoms with Crippen LogP contribution >= 0.6 is 49.9 Å². The second-order valence-electron chi connectivity index (χ2n) is 8.37. The van der Waals surface area contributed by atoms with Gasteiger partial charge in [-0.05, 0) is 70.9 Å². The Morgan fingerprint density at radius 1 is 1.36 bits per heavy atom. The van der Waals surface area contributed by atoms with Gasteiger partial charge in [0, 0.05) is 14.9 Å². The fourth-order valence-electron chi connectivity index (χ4n) is 4.22. The van der Waals surface area contributed by atoms with Crippen LogP contribution in [-0.4, -0.2) is 11.0 Å². The summed E-state index contributed by atoms with van der Waals surface area (Å²) in [6.07, 6.45) is 3.88. The van der Waals surface area contributed by atoms with Gasteiger partial charge in [-0.1, -0.05) is 43.1 Å². The normalized spacial score (nSPS) is 21.5. The monoisotopic (exact) mass is 574 g/mol. The number of phenols is 1. The summed E-state index contributed by atoms with van der Waals surface area (Å²) in [5, 5.41) is 18.0. The Morgan fingerprint density at radius 2 is 2.11 bits per heavy atom. The minimum atomic E-state index is -0.436. The summed E-state index contributed by atoms with van der Waals surface area (Å²) < 4.78 is 1.63. The van der Waals surface area contributed by atoms with E-state index in [0.29, 0.717) is 16.9 Å². The molecule has 0 saturated carbocycles. The molecule has 2 heterocycles. The number of carbonyl (C=O) groups is 1. The maximum Gasteiger partial charge on any atom is 0.256 e. The molecule has 28 heavy (non-hydrogen) atoms. The Balaban J connectivity index is 1.67. The third-order valence-corrected chi connectivity index (χ3v) is 8.89. The lowest BCUT2D eigenvalue weighted by atomic mass is 9.69. The van der Waals surface area contributed by atoms with E-state index in [1.54, 1.807) is 11.3 Å². The standard InChI is InChI=1S/C21H24BrIN2O2S/c1-4-21(2,3)10-5-6-12-15(7-10)28-20-16(12)19(27)24-18(25-20)13-8-11(22)9-14(23)17(13)26/h8-10,18,25-26H,4-7H2,1-3H3,(H,24,27)/t10-,18-/m1/s1. The van der Waals surface area contributed by atoms with Crippen LogP contribution in [0.4, 0.5) is 5.00 Å². The highest BCUT2D eigenvalue weighted by Gasteiger charge is 2.37. The number of carbonyl (C=O) groups excluding carboxylic acids is 1. The molecule has 3 N–H and O–H groups in total. The molecule has 7 heteroatoms. The van der Waals surface area contributed by atoms with Gasteiger partial charge in [-0.25, -0.2) is 0 Å². The molecule has 1 aliphatic heterocycles. The maximum absolute atomic E-state index is 13.0. The second kappa shape index (κ2) is 7.47. The van der Waals surface area contributed by atoms with Crippen molar-refractivity contribution in [1.82, 2.24) is 5.32 Å². The van der Waals surface area contributed by atoms with Crippen LogP contribution in [0.25, 0.3) is 0 Å². The van der Waals surface area contributed by atoms with Gasteiger partial charge in [0.2, 0.25) is 0 Å². The first-order valence-electron chi connectivity index (χ1n) is 9.61. The van der Waals surface area contributed by atoms with Gasteiger partial charge in [-0.15, -0.1) is 11.3 Å². The van der Waals surface area contributed by atoms with Gasteiger partial charge in [0.15, 0.2) is 0 Å². The molecule has 0 unspecified atom stereocenters. The van der Waals surface area contributed by atoms with Crippen LogP contribution in [0.2, 0.25) is 0 Å². The molecule has 0 bridgehead atoms. The molecule has 1 aliphatic carbocycles. The molecule has 150 valence electrons. The largest absolute Gasteiger partial charge is 0.506 e. The summed E-state index contributed by atoms with van der Waals surface area (Å²) in [6, 6.07) is 3.71. The molecular formula is C21H24BrIN2O2S. The highest BCUT2D eigenvalue weighted by molar-refractivity contribution is 14.1. The topological polar surface area (TPSA) is 61.4 Å². The van der Waals surface area contributed by atoms with Gasteiger partial charge in [-0.3, -0.25) is 4.79 Å². The molecule has 4 nitrogen and oxygen atoms in total. The Labute approximate surface area is 191 Å². The Bertz CT molecular complexity index is 956. The van der Waals surface area contributed by atoms with E-state index >= 15 is 0 Å². The van der Waals surface area contributed by atoms with Gasteiger partial charge in [-0.2, -0.15) is 0 Å². The average Bonchev–Trinajstić information content (AvgIpc) is 3.02. The molecule has 1 aromatic heterocycles. The number of benzene rings is 1. The van der Waals surface area contributed by atoms with Gasteiger partial charge in [0.05, 0.1) is 9.13 Å². The van der Waals surface area contributed by atoms with Crippen molar-refractivity contribution in [3.05, 3.63) is 41.7 Å². The lowest BCUT2D eigenvalue weighted by molar-refractivity contribution is 0.0934. The van der Waals surface area contributed by atoms with Crippen LogP contribution in [0.3, 0.4) is 0 Å². The van der Waals surface area contributed by atoms with Crippen molar-refractivity contribution in [2.24, 2.45) is 11.3 Å². The quantitative estimate of drug-likeness (QED) is 0.382. The summed E-state index contributed by atoms with van der Waals surface area (Å²) >= 11 is 7.30. The molecule has 1 amide bonds. The van der Waals surface area contributed by atoms with Crippen molar-refractivity contribution in [3.8, 4) is 5.75 Å². The number of aromatic hydroxyl groups is 1. The number of hydrogen-bond donors (Lipinski definition) is 3. The van der Waals surface area contributed by atoms with Gasteiger partial charge in [0.25, 0.3) is 5.91 Å². The molecule has 4 rings (SSSR count). The van der Waals surface area contributed by atoms with Gasteiger partial charge in [0.1, 0.15) is 16.9 Å². The van der Waals surface area contributed by atoms with Crippen molar-refractivity contribution < 1.29 is 9.90 Å². The zero-order valence-corrected chi connectivity index (χ0v) is 20.7. The van der Waals surface area contributed by atoms with Crippen molar-refractivity contribution >= 4 is 60.8 Å². The molecular weight excluding hydrogens is 551 g/mol. The Kier molecular flexibility index (Phi) is 5.46. The minimum absolute atomic E-state index is 0.0427. The Hall–Kier alpha value is -0.800. The van der Waals surface area contributed by atoms with Gasteiger partial charge < -0.3 is 15.7 Å². The third-order valence-electron chi connectivity index (χ3n) is 6.43. The number of fused-ring (bicyclic) bond motifs is 3. The van der Waals surface area contributed by atoms with Crippen LogP contribution in [0, 0.1) is 14.9 Å². The van der Waals surface area contributed by atoms with Crippen LogP contribution < -0.4 is 10.6 Å². The van der Waals surface area contributed by atoms with E-state index < -0.39 is 6.17 Å². The molecule has 0 saturated heterocycles. The van der Waals surface area contributed by atoms with Crippen LogP contribution in [0.15, 0.2) is 16.6 Å². The molecule has 2 aliphatic rings. The second-order valence-corrected chi connectivity index (χ2v) is 11.5. The first kappa shape index (κ1) is 20.5. The molecule has 0 fully saturated rings. The van der Waals surface area contributed by atoms with E-state index in [9.17, 15) is 9.90 Å². The maximum atomic E-state index is 13.0. The molecule has 2 atom stereocenters. The number of phenolic OH excluding ortho intramolecular Hbond substituents is 1.